The van der Waals surface area contributed by atoms with Gasteiger partial charge in [0.1, 0.15) is 11.3 Å². The van der Waals surface area contributed by atoms with Gasteiger partial charge in [-0.3, -0.25) is 14.4 Å². The number of carbonyl (C=O) groups excluding carboxylic acids is 1. The molecule has 0 spiro atoms. The molecule has 0 saturated carbocycles. The first-order valence-electron chi connectivity index (χ1n) is 11.6. The molecule has 3 aromatic carbocycles. The molecule has 0 aliphatic heterocycles. The topological polar surface area (TPSA) is 91.8 Å². The third-order valence-corrected chi connectivity index (χ3v) is 8.83. The summed E-state index contributed by atoms with van der Waals surface area (Å²) in [4.78, 5) is 22.3. The number of carbonyl (C=O) groups is 1. The minimum absolute atomic E-state index is 0. The molecule has 1 N–H and O–H groups in total. The molecule has 0 fully saturated rings. The maximum absolute atomic E-state index is 14.0. The first-order chi connectivity index (χ1) is 18.1. The number of thiazole rings is 1. The average molecular weight is 630 g/mol. The van der Waals surface area contributed by atoms with E-state index in [-0.39, 0.29) is 28.6 Å². The van der Waals surface area contributed by atoms with Gasteiger partial charge in [0.05, 0.1) is 33.0 Å². The SMILES string of the molecule is COc1ccc(Cl)c2sc(N(CCCN(C)C)C(=O)c3ccccc3NS(=O)(=O)c3ccc(Cl)cc3)nc12.Cl. The second kappa shape index (κ2) is 13.2. The molecule has 8 nitrogen and oxygen atoms in total. The number of hydrogen-bond donors (Lipinski definition) is 1. The Morgan fingerprint density at radius 2 is 1.72 bits per heavy atom. The van der Waals surface area contributed by atoms with Crippen molar-refractivity contribution in [3.05, 3.63) is 76.3 Å². The number of methoxy groups -OCH3 is 1. The lowest BCUT2D eigenvalue weighted by molar-refractivity contribution is 0.0987. The molecule has 1 amide bonds. The highest BCUT2D eigenvalue weighted by Crippen LogP contribution is 2.39. The van der Waals surface area contributed by atoms with E-state index in [1.807, 2.05) is 19.0 Å². The molecule has 4 aromatic rings. The molecular formula is C26H27Cl3N4O4S2. The summed E-state index contributed by atoms with van der Waals surface area (Å²) in [6.45, 7) is 1.10. The lowest BCUT2D eigenvalue weighted by Crippen LogP contribution is -2.34. The van der Waals surface area contributed by atoms with Crippen molar-refractivity contribution in [3.63, 3.8) is 0 Å². The van der Waals surface area contributed by atoms with Crippen molar-refractivity contribution in [1.29, 1.82) is 0 Å². The Hall–Kier alpha value is -2.60. The van der Waals surface area contributed by atoms with E-state index in [2.05, 4.69) is 4.72 Å². The van der Waals surface area contributed by atoms with Crippen LogP contribution in [0.1, 0.15) is 16.8 Å². The van der Waals surface area contributed by atoms with Crippen molar-refractivity contribution >= 4 is 83.9 Å². The van der Waals surface area contributed by atoms with Crippen LogP contribution in [0.3, 0.4) is 0 Å². The van der Waals surface area contributed by atoms with Crippen LogP contribution in [0.4, 0.5) is 10.8 Å². The van der Waals surface area contributed by atoms with Crippen LogP contribution in [0.15, 0.2) is 65.6 Å². The third kappa shape index (κ3) is 7.13. The maximum atomic E-state index is 14.0. The lowest BCUT2D eigenvalue weighted by Gasteiger charge is -2.22. The number of hydrogen-bond acceptors (Lipinski definition) is 7. The number of halogens is 3. The van der Waals surface area contributed by atoms with Gasteiger partial charge in [-0.15, -0.1) is 12.4 Å². The van der Waals surface area contributed by atoms with E-state index in [0.29, 0.717) is 44.1 Å². The predicted molar refractivity (Wildman–Crippen MR) is 162 cm³/mol. The van der Waals surface area contributed by atoms with E-state index < -0.39 is 15.9 Å². The minimum Gasteiger partial charge on any atom is -0.494 e. The molecule has 0 saturated heterocycles. The molecule has 0 bridgehead atoms. The van der Waals surface area contributed by atoms with Gasteiger partial charge in [0.15, 0.2) is 5.13 Å². The Morgan fingerprint density at radius 3 is 2.38 bits per heavy atom. The number of amides is 1. The number of benzene rings is 3. The number of anilines is 2. The Kier molecular flexibility index (Phi) is 10.4. The zero-order valence-corrected chi connectivity index (χ0v) is 25.3. The second-order valence-corrected chi connectivity index (χ2v) is 12.1. The van der Waals surface area contributed by atoms with E-state index in [1.54, 1.807) is 48.4 Å². The summed E-state index contributed by atoms with van der Waals surface area (Å²) in [7, 11) is 1.48. The van der Waals surface area contributed by atoms with E-state index >= 15 is 0 Å². The summed E-state index contributed by atoms with van der Waals surface area (Å²) in [5, 5.41) is 1.35. The minimum atomic E-state index is -3.97. The van der Waals surface area contributed by atoms with E-state index in [0.717, 1.165) is 6.54 Å². The van der Waals surface area contributed by atoms with Gasteiger partial charge in [-0.05, 0) is 75.6 Å². The van der Waals surface area contributed by atoms with Crippen LogP contribution < -0.4 is 14.4 Å². The zero-order valence-electron chi connectivity index (χ0n) is 21.4. The summed E-state index contributed by atoms with van der Waals surface area (Å²) in [5.41, 5.74) is 0.899. The second-order valence-electron chi connectivity index (χ2n) is 8.64. The number of nitrogens with zero attached hydrogens (tertiary/aromatic N) is 3. The Labute approximate surface area is 248 Å². The van der Waals surface area contributed by atoms with Crippen LogP contribution in [0, 0.1) is 0 Å². The number of nitrogens with one attached hydrogen (secondary N) is 1. The summed E-state index contributed by atoms with van der Waals surface area (Å²) >= 11 is 13.6. The highest BCUT2D eigenvalue weighted by atomic mass is 35.5. The number of rotatable bonds is 10. The highest BCUT2D eigenvalue weighted by molar-refractivity contribution is 7.92. The summed E-state index contributed by atoms with van der Waals surface area (Å²) < 4.78 is 34.9. The molecule has 1 aromatic heterocycles. The molecule has 13 heteroatoms. The van der Waals surface area contributed by atoms with E-state index in [4.69, 9.17) is 32.9 Å². The van der Waals surface area contributed by atoms with Crippen LogP contribution in [0.5, 0.6) is 5.75 Å². The molecule has 1 heterocycles. The van der Waals surface area contributed by atoms with Crippen LogP contribution in [0.25, 0.3) is 10.2 Å². The van der Waals surface area contributed by atoms with Crippen molar-refractivity contribution in [2.24, 2.45) is 0 Å². The fraction of sp³-hybridized carbons (Fsp3) is 0.231. The maximum Gasteiger partial charge on any atom is 0.262 e. The molecule has 208 valence electrons. The smallest absolute Gasteiger partial charge is 0.262 e. The number of sulfonamides is 1. The predicted octanol–water partition coefficient (Wildman–Crippen LogP) is 6.43. The monoisotopic (exact) mass is 628 g/mol. The average Bonchev–Trinajstić information content (AvgIpc) is 3.33. The van der Waals surface area contributed by atoms with Gasteiger partial charge in [-0.2, -0.15) is 0 Å². The first-order valence-corrected chi connectivity index (χ1v) is 14.6. The summed E-state index contributed by atoms with van der Waals surface area (Å²) in [6, 6.07) is 15.7. The van der Waals surface area contributed by atoms with Crippen molar-refractivity contribution in [2.75, 3.05) is 43.9 Å². The zero-order chi connectivity index (χ0) is 27.4. The van der Waals surface area contributed by atoms with Gasteiger partial charge in [0.2, 0.25) is 0 Å². The van der Waals surface area contributed by atoms with Crippen LogP contribution >= 0.6 is 46.9 Å². The van der Waals surface area contributed by atoms with Gasteiger partial charge in [0.25, 0.3) is 15.9 Å². The summed E-state index contributed by atoms with van der Waals surface area (Å²) in [6.07, 6.45) is 0.665. The fourth-order valence-corrected chi connectivity index (χ4v) is 6.26. The van der Waals surface area contributed by atoms with Gasteiger partial charge < -0.3 is 9.64 Å². The quantitative estimate of drug-likeness (QED) is 0.217. The number of ether oxygens (including phenoxy) is 1. The molecule has 0 radical (unpaired) electrons. The number of fused-ring (bicyclic) bond motifs is 1. The molecule has 0 atom stereocenters. The van der Waals surface area contributed by atoms with Crippen molar-refractivity contribution in [3.8, 4) is 5.75 Å². The molecule has 0 aliphatic rings. The number of para-hydroxylation sites is 1. The molecule has 4 rings (SSSR count). The van der Waals surface area contributed by atoms with E-state index in [1.165, 1.54) is 35.6 Å². The standard InChI is InChI=1S/C26H26Cl2N4O4S2.ClH/c1-31(2)15-6-16-32(26-29-23-22(36-3)14-13-20(28)24(23)37-26)25(33)19-7-4-5-8-21(19)30-38(34,35)18-11-9-17(27)10-12-18;/h4-5,7-14,30H,6,15-16H2,1-3H3;1H. The third-order valence-electron chi connectivity index (χ3n) is 5.66. The number of aromatic nitrogens is 1. The van der Waals surface area contributed by atoms with Gasteiger partial charge in [-0.25, -0.2) is 13.4 Å². The van der Waals surface area contributed by atoms with Crippen molar-refractivity contribution < 1.29 is 17.9 Å². The van der Waals surface area contributed by atoms with Gasteiger partial charge in [-0.1, -0.05) is 46.7 Å². The van der Waals surface area contributed by atoms with Gasteiger partial charge in [0, 0.05) is 11.6 Å². The van der Waals surface area contributed by atoms with Crippen LogP contribution in [-0.4, -0.2) is 58.5 Å². The molecule has 0 aliphatic carbocycles. The van der Waals surface area contributed by atoms with Crippen molar-refractivity contribution in [1.82, 2.24) is 9.88 Å². The molecular weight excluding hydrogens is 603 g/mol. The Bertz CT molecular complexity index is 1560. The van der Waals surface area contributed by atoms with Crippen LogP contribution in [-0.2, 0) is 10.0 Å². The molecule has 39 heavy (non-hydrogen) atoms. The normalized spacial score (nSPS) is 11.3. The first kappa shape index (κ1) is 30.9. The Morgan fingerprint density at radius 1 is 1.03 bits per heavy atom. The fourth-order valence-electron chi connectivity index (χ4n) is 3.77. The Balaban J connectivity index is 0.00000420. The van der Waals surface area contributed by atoms with Crippen molar-refractivity contribution in [2.45, 2.75) is 11.3 Å². The summed E-state index contributed by atoms with van der Waals surface area (Å²) in [5.74, 6) is 0.149. The molecule has 0 unspecified atom stereocenters. The van der Waals surface area contributed by atoms with Gasteiger partial charge >= 0.3 is 0 Å². The lowest BCUT2D eigenvalue weighted by atomic mass is 10.1. The highest BCUT2D eigenvalue weighted by Gasteiger charge is 2.26. The largest absolute Gasteiger partial charge is 0.494 e. The van der Waals surface area contributed by atoms with E-state index in [9.17, 15) is 13.2 Å². The van der Waals surface area contributed by atoms with Crippen LogP contribution in [0.2, 0.25) is 10.0 Å².